The minimum Gasteiger partial charge on any atom is -0.357 e. The van der Waals surface area contributed by atoms with Crippen molar-refractivity contribution in [2.45, 2.75) is 47.5 Å². The third kappa shape index (κ3) is 7.48. The van der Waals surface area contributed by atoms with E-state index in [0.29, 0.717) is 5.41 Å². The molecule has 0 amide bonds. The normalized spacial score (nSPS) is 12.6. The van der Waals surface area contributed by atoms with Crippen LogP contribution in [0.3, 0.4) is 0 Å². The van der Waals surface area contributed by atoms with Gasteiger partial charge in [0.05, 0.1) is 10.7 Å². The van der Waals surface area contributed by atoms with Crippen LogP contribution in [-0.2, 0) is 6.42 Å². The van der Waals surface area contributed by atoms with Gasteiger partial charge in [0.25, 0.3) is 0 Å². The summed E-state index contributed by atoms with van der Waals surface area (Å²) in [6.07, 6.45) is 2.03. The van der Waals surface area contributed by atoms with Crippen molar-refractivity contribution < 1.29 is 0 Å². The first-order valence-corrected chi connectivity index (χ1v) is 8.22. The van der Waals surface area contributed by atoms with Gasteiger partial charge < -0.3 is 10.6 Å². The molecule has 4 nitrogen and oxygen atoms in total. The quantitative estimate of drug-likeness (QED) is 0.627. The Morgan fingerprint density at radius 3 is 2.65 bits per heavy atom. The molecule has 1 heterocycles. The lowest BCUT2D eigenvalue weighted by atomic mass is 9.93. The maximum Gasteiger partial charge on any atom is 0.191 e. The monoisotopic (exact) mass is 296 g/mol. The fourth-order valence-electron chi connectivity index (χ4n) is 1.68. The van der Waals surface area contributed by atoms with Gasteiger partial charge in [-0.15, -0.1) is 11.3 Å². The van der Waals surface area contributed by atoms with Gasteiger partial charge in [0, 0.05) is 31.4 Å². The smallest absolute Gasteiger partial charge is 0.191 e. The number of thiazole rings is 1. The zero-order valence-corrected chi connectivity index (χ0v) is 14.2. The van der Waals surface area contributed by atoms with Crippen LogP contribution in [0.25, 0.3) is 0 Å². The van der Waals surface area contributed by atoms with Gasteiger partial charge in [0.1, 0.15) is 0 Å². The molecule has 0 aromatic carbocycles. The van der Waals surface area contributed by atoms with Crippen LogP contribution in [0.4, 0.5) is 0 Å². The number of aromatic nitrogens is 1. The highest BCUT2D eigenvalue weighted by molar-refractivity contribution is 7.09. The van der Waals surface area contributed by atoms with Gasteiger partial charge >= 0.3 is 0 Å². The van der Waals surface area contributed by atoms with Crippen molar-refractivity contribution in [1.82, 2.24) is 15.6 Å². The Kier molecular flexibility index (Phi) is 6.99. The molecule has 1 aromatic rings. The van der Waals surface area contributed by atoms with Crippen LogP contribution in [0.5, 0.6) is 0 Å². The number of aliphatic imine (C=N–C) groups is 1. The van der Waals surface area contributed by atoms with Crippen molar-refractivity contribution in [1.29, 1.82) is 0 Å². The summed E-state index contributed by atoms with van der Waals surface area (Å²) in [5.41, 5.74) is 1.49. The van der Waals surface area contributed by atoms with E-state index in [1.807, 2.05) is 6.92 Å². The van der Waals surface area contributed by atoms with E-state index in [4.69, 9.17) is 0 Å². The Balaban J connectivity index is 2.36. The summed E-state index contributed by atoms with van der Waals surface area (Å²) in [7, 11) is 0. The third-order valence-electron chi connectivity index (χ3n) is 2.82. The Bertz CT molecular complexity index is 418. The van der Waals surface area contributed by atoms with Crippen molar-refractivity contribution in [3.8, 4) is 0 Å². The molecule has 0 saturated heterocycles. The Morgan fingerprint density at radius 2 is 2.10 bits per heavy atom. The highest BCUT2D eigenvalue weighted by atomic mass is 32.1. The summed E-state index contributed by atoms with van der Waals surface area (Å²) >= 11 is 1.71. The highest BCUT2D eigenvalue weighted by Crippen LogP contribution is 2.17. The standard InChI is InChI=1S/C15H28N4S/c1-6-16-14(18-10-8-15(3,4)5)17-9-7-13-11-20-12(2)19-13/h11H,6-10H2,1-5H3,(H2,16,17,18). The second kappa shape index (κ2) is 8.25. The molecule has 0 unspecified atom stereocenters. The number of rotatable bonds is 6. The first kappa shape index (κ1) is 17.0. The average Bonchev–Trinajstić information content (AvgIpc) is 2.73. The number of nitrogens with zero attached hydrogens (tertiary/aromatic N) is 2. The van der Waals surface area contributed by atoms with Crippen molar-refractivity contribution in [2.24, 2.45) is 10.4 Å². The Morgan fingerprint density at radius 1 is 1.35 bits per heavy atom. The molecule has 114 valence electrons. The van der Waals surface area contributed by atoms with Gasteiger partial charge in [0.15, 0.2) is 5.96 Å². The summed E-state index contributed by atoms with van der Waals surface area (Å²) in [4.78, 5) is 9.08. The van der Waals surface area contributed by atoms with Gasteiger partial charge in [-0.1, -0.05) is 20.8 Å². The van der Waals surface area contributed by atoms with E-state index in [-0.39, 0.29) is 0 Å². The molecule has 0 aliphatic carbocycles. The van der Waals surface area contributed by atoms with Gasteiger partial charge in [-0.25, -0.2) is 4.98 Å². The number of nitrogens with one attached hydrogen (secondary N) is 2. The molecule has 0 aliphatic rings. The molecule has 20 heavy (non-hydrogen) atoms. The first-order chi connectivity index (χ1) is 9.40. The van der Waals surface area contributed by atoms with Crippen LogP contribution in [-0.4, -0.2) is 30.6 Å². The second-order valence-corrected chi connectivity index (χ2v) is 7.17. The molecule has 1 rings (SSSR count). The molecule has 0 saturated carbocycles. The summed E-state index contributed by atoms with van der Waals surface area (Å²) in [6, 6.07) is 0. The van der Waals surface area contributed by atoms with Crippen molar-refractivity contribution >= 4 is 17.3 Å². The second-order valence-electron chi connectivity index (χ2n) is 6.11. The van der Waals surface area contributed by atoms with Gasteiger partial charge in [-0.2, -0.15) is 0 Å². The Hall–Kier alpha value is -1.10. The number of guanidine groups is 1. The van der Waals surface area contributed by atoms with Crippen molar-refractivity contribution in [3.63, 3.8) is 0 Å². The maximum atomic E-state index is 4.61. The summed E-state index contributed by atoms with van der Waals surface area (Å²) < 4.78 is 0. The first-order valence-electron chi connectivity index (χ1n) is 7.34. The largest absolute Gasteiger partial charge is 0.357 e. The van der Waals surface area contributed by atoms with Crippen LogP contribution < -0.4 is 10.6 Å². The number of hydrogen-bond acceptors (Lipinski definition) is 3. The number of hydrogen-bond donors (Lipinski definition) is 2. The van der Waals surface area contributed by atoms with Gasteiger partial charge in [0.2, 0.25) is 0 Å². The van der Waals surface area contributed by atoms with E-state index in [2.05, 4.69) is 53.7 Å². The van der Waals surface area contributed by atoms with Crippen molar-refractivity contribution in [2.75, 3.05) is 19.6 Å². The maximum absolute atomic E-state index is 4.61. The van der Waals surface area contributed by atoms with Crippen LogP contribution in [0, 0.1) is 12.3 Å². The van der Waals surface area contributed by atoms with E-state index in [9.17, 15) is 0 Å². The SMILES string of the molecule is CCNC(=NCCC(C)(C)C)NCCc1csc(C)n1. The molecule has 1 aromatic heterocycles. The van der Waals surface area contributed by atoms with E-state index in [1.165, 1.54) is 0 Å². The minimum absolute atomic E-state index is 0.332. The number of aryl methyl sites for hydroxylation is 1. The lowest BCUT2D eigenvalue weighted by Crippen LogP contribution is -2.38. The zero-order valence-electron chi connectivity index (χ0n) is 13.4. The van der Waals surface area contributed by atoms with Crippen LogP contribution >= 0.6 is 11.3 Å². The van der Waals surface area contributed by atoms with Crippen LogP contribution in [0.1, 0.15) is 44.8 Å². The van der Waals surface area contributed by atoms with Crippen molar-refractivity contribution in [3.05, 3.63) is 16.1 Å². The molecule has 5 heteroatoms. The van der Waals surface area contributed by atoms with Crippen LogP contribution in [0.15, 0.2) is 10.4 Å². The molecule has 0 atom stereocenters. The zero-order chi connectivity index (χ0) is 15.0. The fraction of sp³-hybridized carbons (Fsp3) is 0.733. The van der Waals surface area contributed by atoms with Gasteiger partial charge in [-0.3, -0.25) is 4.99 Å². The minimum atomic E-state index is 0.332. The van der Waals surface area contributed by atoms with E-state index in [0.717, 1.165) is 49.1 Å². The molecule has 0 spiro atoms. The predicted molar refractivity (Wildman–Crippen MR) is 88.6 cm³/mol. The molecule has 0 aliphatic heterocycles. The third-order valence-corrected chi connectivity index (χ3v) is 3.64. The molecular formula is C15H28N4S. The summed E-state index contributed by atoms with van der Waals surface area (Å²) in [5.74, 6) is 0.906. The molecule has 2 N–H and O–H groups in total. The highest BCUT2D eigenvalue weighted by Gasteiger charge is 2.09. The molecule has 0 bridgehead atoms. The van der Waals surface area contributed by atoms with E-state index in [1.54, 1.807) is 11.3 Å². The van der Waals surface area contributed by atoms with E-state index < -0.39 is 0 Å². The van der Waals surface area contributed by atoms with Crippen LogP contribution in [0.2, 0.25) is 0 Å². The predicted octanol–water partition coefficient (Wildman–Crippen LogP) is 2.99. The Labute approximate surface area is 127 Å². The summed E-state index contributed by atoms with van der Waals surface area (Å²) in [5, 5.41) is 9.91. The summed E-state index contributed by atoms with van der Waals surface area (Å²) in [6.45, 7) is 13.5. The lowest BCUT2D eigenvalue weighted by molar-refractivity contribution is 0.385. The molecular weight excluding hydrogens is 268 g/mol. The topological polar surface area (TPSA) is 49.3 Å². The average molecular weight is 296 g/mol. The fourth-order valence-corrected chi connectivity index (χ4v) is 2.32. The van der Waals surface area contributed by atoms with Gasteiger partial charge in [-0.05, 0) is 25.7 Å². The molecule has 0 radical (unpaired) electrons. The van der Waals surface area contributed by atoms with E-state index >= 15 is 0 Å². The lowest BCUT2D eigenvalue weighted by Gasteiger charge is -2.17. The molecule has 0 fully saturated rings.